The molecule has 0 atom stereocenters. The Bertz CT molecular complexity index is 1380. The number of ketones is 1. The third-order valence-corrected chi connectivity index (χ3v) is 5.53. The van der Waals surface area contributed by atoms with E-state index in [4.69, 9.17) is 21.6 Å². The average Bonchev–Trinajstić information content (AvgIpc) is 2.99. The number of aromatic nitrogens is 3. The third kappa shape index (κ3) is 2.87. The van der Waals surface area contributed by atoms with Gasteiger partial charge in [0.05, 0.1) is 23.1 Å². The second-order valence-corrected chi connectivity index (χ2v) is 7.91. The van der Waals surface area contributed by atoms with Crippen molar-refractivity contribution < 1.29 is 4.79 Å². The van der Waals surface area contributed by atoms with Crippen LogP contribution in [0.1, 0.15) is 10.4 Å². The van der Waals surface area contributed by atoms with E-state index in [-0.39, 0.29) is 12.3 Å². The molecule has 4 nitrogen and oxygen atoms in total. The van der Waals surface area contributed by atoms with Crippen LogP contribution in [0.4, 0.5) is 0 Å². The Morgan fingerprint density at radius 3 is 2.43 bits per heavy atom. The SMILES string of the molecule is O=C(Cn1c2ccc(Br)cc2c2nc3ccccc3nc21)c1ccc(Cl)cc1. The maximum absolute atomic E-state index is 12.9. The highest BCUT2D eigenvalue weighted by Crippen LogP contribution is 2.30. The normalized spacial score (nSPS) is 11.5. The van der Waals surface area contributed by atoms with Gasteiger partial charge in [0.25, 0.3) is 0 Å². The van der Waals surface area contributed by atoms with Gasteiger partial charge in [-0.05, 0) is 54.6 Å². The summed E-state index contributed by atoms with van der Waals surface area (Å²) in [6.07, 6.45) is 0. The number of carbonyl (C=O) groups excluding carboxylic acids is 1. The number of para-hydroxylation sites is 2. The van der Waals surface area contributed by atoms with Gasteiger partial charge in [-0.2, -0.15) is 0 Å². The zero-order valence-electron chi connectivity index (χ0n) is 14.6. The van der Waals surface area contributed by atoms with Crippen molar-refractivity contribution in [2.75, 3.05) is 0 Å². The molecule has 0 saturated carbocycles. The average molecular weight is 451 g/mol. The monoisotopic (exact) mass is 449 g/mol. The Balaban J connectivity index is 1.74. The number of benzene rings is 3. The van der Waals surface area contributed by atoms with E-state index in [0.717, 1.165) is 31.9 Å². The quantitative estimate of drug-likeness (QED) is 0.315. The van der Waals surface area contributed by atoms with Gasteiger partial charge in [0.15, 0.2) is 11.4 Å². The topological polar surface area (TPSA) is 47.8 Å². The minimum Gasteiger partial charge on any atom is -0.316 e. The van der Waals surface area contributed by atoms with Gasteiger partial charge in [-0.1, -0.05) is 39.7 Å². The first kappa shape index (κ1) is 17.3. The van der Waals surface area contributed by atoms with Crippen LogP contribution in [0.5, 0.6) is 0 Å². The number of halogens is 2. The van der Waals surface area contributed by atoms with Crippen molar-refractivity contribution in [3.8, 4) is 0 Å². The summed E-state index contributed by atoms with van der Waals surface area (Å²) in [7, 11) is 0. The number of rotatable bonds is 3. The Hall–Kier alpha value is -2.76. The van der Waals surface area contributed by atoms with E-state index in [2.05, 4.69) is 15.9 Å². The van der Waals surface area contributed by atoms with Crippen molar-refractivity contribution in [2.24, 2.45) is 0 Å². The molecule has 0 aliphatic rings. The minimum absolute atomic E-state index is 0.00616. The van der Waals surface area contributed by atoms with Crippen LogP contribution in [0.2, 0.25) is 5.02 Å². The molecule has 5 rings (SSSR count). The summed E-state index contributed by atoms with van der Waals surface area (Å²) >= 11 is 9.48. The predicted octanol–water partition coefficient (Wildman–Crippen LogP) is 6.04. The van der Waals surface area contributed by atoms with Crippen LogP contribution in [-0.2, 0) is 6.54 Å². The van der Waals surface area contributed by atoms with Crippen LogP contribution in [-0.4, -0.2) is 20.3 Å². The summed E-state index contributed by atoms with van der Waals surface area (Å²) in [5, 5.41) is 1.57. The zero-order chi connectivity index (χ0) is 19.3. The van der Waals surface area contributed by atoms with Crippen molar-refractivity contribution in [2.45, 2.75) is 6.54 Å². The van der Waals surface area contributed by atoms with Gasteiger partial charge >= 0.3 is 0 Å². The van der Waals surface area contributed by atoms with Gasteiger partial charge in [0, 0.05) is 20.4 Å². The van der Waals surface area contributed by atoms with E-state index >= 15 is 0 Å². The van der Waals surface area contributed by atoms with Crippen molar-refractivity contribution in [3.63, 3.8) is 0 Å². The molecular weight excluding hydrogens is 438 g/mol. The van der Waals surface area contributed by atoms with E-state index < -0.39 is 0 Å². The van der Waals surface area contributed by atoms with Crippen LogP contribution in [0.25, 0.3) is 33.1 Å². The molecule has 0 saturated heterocycles. The van der Waals surface area contributed by atoms with Gasteiger partial charge in [0.1, 0.15) is 5.52 Å². The molecule has 0 unspecified atom stereocenters. The van der Waals surface area contributed by atoms with Crippen molar-refractivity contribution in [1.82, 2.24) is 14.5 Å². The predicted molar refractivity (Wildman–Crippen MR) is 116 cm³/mol. The molecule has 136 valence electrons. The Kier molecular flexibility index (Phi) is 4.14. The molecule has 0 aliphatic heterocycles. The van der Waals surface area contributed by atoms with Crippen LogP contribution in [0.15, 0.2) is 71.2 Å². The molecule has 28 heavy (non-hydrogen) atoms. The lowest BCUT2D eigenvalue weighted by molar-refractivity contribution is 0.0974. The van der Waals surface area contributed by atoms with Gasteiger partial charge in [-0.15, -0.1) is 0 Å². The molecule has 0 radical (unpaired) electrons. The Morgan fingerprint density at radius 2 is 1.68 bits per heavy atom. The van der Waals surface area contributed by atoms with Crippen molar-refractivity contribution in [1.29, 1.82) is 0 Å². The van der Waals surface area contributed by atoms with Crippen LogP contribution in [0.3, 0.4) is 0 Å². The number of hydrogen-bond acceptors (Lipinski definition) is 3. The van der Waals surface area contributed by atoms with Gasteiger partial charge in [-0.25, -0.2) is 9.97 Å². The molecule has 2 aromatic heterocycles. The molecule has 0 N–H and O–H groups in total. The molecule has 2 heterocycles. The summed E-state index contributed by atoms with van der Waals surface area (Å²) in [5.74, 6) is -0.00616. The highest BCUT2D eigenvalue weighted by Gasteiger charge is 2.17. The number of carbonyl (C=O) groups is 1. The first-order valence-electron chi connectivity index (χ1n) is 8.73. The molecule has 3 aromatic carbocycles. The highest BCUT2D eigenvalue weighted by atomic mass is 79.9. The summed E-state index contributed by atoms with van der Waals surface area (Å²) in [6, 6.07) is 20.7. The smallest absolute Gasteiger partial charge is 0.182 e. The summed E-state index contributed by atoms with van der Waals surface area (Å²) in [4.78, 5) is 22.6. The van der Waals surface area contributed by atoms with Gasteiger partial charge in [0.2, 0.25) is 0 Å². The lowest BCUT2D eigenvalue weighted by Gasteiger charge is -2.07. The van der Waals surface area contributed by atoms with Gasteiger partial charge in [-0.3, -0.25) is 4.79 Å². The summed E-state index contributed by atoms with van der Waals surface area (Å²) < 4.78 is 2.89. The maximum atomic E-state index is 12.9. The largest absolute Gasteiger partial charge is 0.316 e. The van der Waals surface area contributed by atoms with E-state index in [0.29, 0.717) is 16.2 Å². The molecule has 5 aromatic rings. The summed E-state index contributed by atoms with van der Waals surface area (Å²) in [5.41, 5.74) is 4.67. The molecule has 0 bridgehead atoms. The fourth-order valence-corrected chi connectivity index (χ4v) is 3.92. The fourth-order valence-electron chi connectivity index (χ4n) is 3.44. The first-order valence-corrected chi connectivity index (χ1v) is 9.90. The zero-order valence-corrected chi connectivity index (χ0v) is 16.9. The van der Waals surface area contributed by atoms with Gasteiger partial charge < -0.3 is 4.57 Å². The molecular formula is C22H13BrClN3O. The molecule has 0 fully saturated rings. The number of hydrogen-bond donors (Lipinski definition) is 0. The molecule has 0 aliphatic carbocycles. The van der Waals surface area contributed by atoms with Crippen LogP contribution in [0, 0.1) is 0 Å². The third-order valence-electron chi connectivity index (χ3n) is 4.78. The maximum Gasteiger partial charge on any atom is 0.182 e. The second-order valence-electron chi connectivity index (χ2n) is 6.56. The molecule has 0 amide bonds. The number of Topliss-reactive ketones (excluding diaryl/α,β-unsaturated/α-hetero) is 1. The molecule has 0 spiro atoms. The van der Waals surface area contributed by atoms with E-state index in [1.807, 2.05) is 47.0 Å². The lowest BCUT2D eigenvalue weighted by Crippen LogP contribution is -2.10. The van der Waals surface area contributed by atoms with Crippen molar-refractivity contribution in [3.05, 3.63) is 81.8 Å². The standard InChI is InChI=1S/C22H13BrClN3O/c23-14-7-10-19-16(11-14)21-22(26-18-4-2-1-3-17(18)25-21)27(19)12-20(28)13-5-8-15(24)9-6-13/h1-11H,12H2. The highest BCUT2D eigenvalue weighted by molar-refractivity contribution is 9.10. The number of nitrogens with zero attached hydrogens (tertiary/aromatic N) is 3. The second kappa shape index (κ2) is 6.69. The Labute approximate surface area is 173 Å². The van der Waals surface area contributed by atoms with E-state index in [1.165, 1.54) is 0 Å². The van der Waals surface area contributed by atoms with E-state index in [9.17, 15) is 4.79 Å². The fraction of sp³-hybridized carbons (Fsp3) is 0.0455. The molecule has 6 heteroatoms. The van der Waals surface area contributed by atoms with Crippen LogP contribution >= 0.6 is 27.5 Å². The van der Waals surface area contributed by atoms with Crippen molar-refractivity contribution >= 4 is 66.4 Å². The lowest BCUT2D eigenvalue weighted by atomic mass is 10.1. The minimum atomic E-state index is -0.00616. The van der Waals surface area contributed by atoms with E-state index in [1.54, 1.807) is 24.3 Å². The number of fused-ring (bicyclic) bond motifs is 4. The summed E-state index contributed by atoms with van der Waals surface area (Å²) in [6.45, 7) is 0.177. The van der Waals surface area contributed by atoms with Crippen LogP contribution < -0.4 is 0 Å². The first-order chi connectivity index (χ1) is 13.6. The Morgan fingerprint density at radius 1 is 0.964 bits per heavy atom.